The van der Waals surface area contributed by atoms with E-state index in [9.17, 15) is 4.79 Å². The van der Waals surface area contributed by atoms with Gasteiger partial charge in [0.15, 0.2) is 12.4 Å². The summed E-state index contributed by atoms with van der Waals surface area (Å²) in [5.41, 5.74) is 3.13. The lowest BCUT2D eigenvalue weighted by Gasteiger charge is -2.23. The van der Waals surface area contributed by atoms with Crippen LogP contribution in [0.1, 0.15) is 96.1 Å². The summed E-state index contributed by atoms with van der Waals surface area (Å²) >= 11 is 0. The van der Waals surface area contributed by atoms with E-state index < -0.39 is 0 Å². The minimum Gasteiger partial charge on any atom is -1.00 e. The third kappa shape index (κ3) is 11.2. The molecule has 0 atom stereocenters. The molecule has 0 radical (unpaired) electrons. The zero-order chi connectivity index (χ0) is 23.9. The summed E-state index contributed by atoms with van der Waals surface area (Å²) in [6.45, 7) is 10.3. The van der Waals surface area contributed by atoms with Gasteiger partial charge in [0, 0.05) is 24.2 Å². The number of rotatable bonds is 16. The first-order chi connectivity index (χ1) is 16.0. The van der Waals surface area contributed by atoms with Gasteiger partial charge < -0.3 is 33.6 Å². The second-order valence-corrected chi connectivity index (χ2v) is 9.13. The van der Waals surface area contributed by atoms with Crippen molar-refractivity contribution in [2.24, 2.45) is 0 Å². The van der Waals surface area contributed by atoms with E-state index >= 15 is 0 Å². The van der Waals surface area contributed by atoms with Crippen LogP contribution in [0.4, 0.5) is 5.69 Å². The molecule has 0 saturated carbocycles. The van der Waals surface area contributed by atoms with Gasteiger partial charge in [-0.3, -0.25) is 4.79 Å². The number of nitrogens with zero attached hydrogens (tertiary/aromatic N) is 2. The summed E-state index contributed by atoms with van der Waals surface area (Å²) in [5, 5.41) is 0. The van der Waals surface area contributed by atoms with Crippen molar-refractivity contribution in [2.75, 3.05) is 11.5 Å². The number of amides is 1. The highest BCUT2D eigenvalue weighted by molar-refractivity contribution is 5.92. The smallest absolute Gasteiger partial charge is 0.224 e. The average Bonchev–Trinajstić information content (AvgIpc) is 2.81. The van der Waals surface area contributed by atoms with E-state index in [1.54, 1.807) is 6.92 Å². The van der Waals surface area contributed by atoms with Crippen LogP contribution in [0, 0.1) is 6.92 Å². The fraction of sp³-hybridized carbons (Fsp3) is 0.586. The van der Waals surface area contributed by atoms with Gasteiger partial charge in [-0.25, -0.2) is 4.57 Å². The lowest BCUT2D eigenvalue weighted by Crippen LogP contribution is -3.00. The van der Waals surface area contributed by atoms with Gasteiger partial charge in [-0.05, 0) is 50.1 Å². The van der Waals surface area contributed by atoms with Gasteiger partial charge in [0.1, 0.15) is 12.3 Å². The molecule has 0 aliphatic heterocycles. The van der Waals surface area contributed by atoms with Crippen LogP contribution in [0.3, 0.4) is 0 Å². The van der Waals surface area contributed by atoms with Crippen LogP contribution in [0.25, 0.3) is 0 Å². The van der Waals surface area contributed by atoms with Crippen molar-refractivity contribution >= 4 is 11.6 Å². The first-order valence-electron chi connectivity index (χ1n) is 13.0. The Balaban J connectivity index is 0.00000578. The molecule has 2 rings (SSSR count). The third-order valence-electron chi connectivity index (χ3n) is 6.23. The Labute approximate surface area is 225 Å². The molecule has 1 aromatic heterocycles. The van der Waals surface area contributed by atoms with Gasteiger partial charge in [-0.1, -0.05) is 64.7 Å². The quantitative estimate of drug-likeness (QED) is 0.170. The molecule has 4 nitrogen and oxygen atoms in total. The summed E-state index contributed by atoms with van der Waals surface area (Å²) < 4.78 is 8.13. The Morgan fingerprint density at radius 2 is 1.59 bits per heavy atom. The van der Waals surface area contributed by atoms with Crippen molar-refractivity contribution in [1.29, 1.82) is 0 Å². The molecule has 0 N–H and O–H groups in total. The van der Waals surface area contributed by atoms with Crippen LogP contribution >= 0.6 is 0 Å². The van der Waals surface area contributed by atoms with Gasteiger partial charge in [-0.15, -0.1) is 0 Å². The molecule has 190 valence electrons. The molecule has 0 bridgehead atoms. The minimum absolute atomic E-state index is 0. The van der Waals surface area contributed by atoms with Crippen molar-refractivity contribution in [3.05, 3.63) is 53.9 Å². The summed E-state index contributed by atoms with van der Waals surface area (Å²) in [5.74, 6) is 0.934. The number of pyridine rings is 1. The largest absolute Gasteiger partial charge is 1.00 e. The maximum Gasteiger partial charge on any atom is 0.224 e. The number of aryl methyl sites for hydroxylation is 2. The molecule has 1 aromatic carbocycles. The number of benzene rings is 1. The second kappa shape index (κ2) is 17.8. The van der Waals surface area contributed by atoms with E-state index in [-0.39, 0.29) is 29.9 Å². The molecular formula is C29H45IN2O2. The normalized spacial score (nSPS) is 10.6. The Morgan fingerprint density at radius 1 is 0.941 bits per heavy atom. The zero-order valence-corrected chi connectivity index (χ0v) is 24.0. The topological polar surface area (TPSA) is 33.4 Å². The Hall–Kier alpha value is -1.63. The van der Waals surface area contributed by atoms with Gasteiger partial charge in [0.25, 0.3) is 0 Å². The highest BCUT2D eigenvalue weighted by atomic mass is 127. The molecule has 0 aliphatic rings. The molecule has 0 spiro atoms. The van der Waals surface area contributed by atoms with Crippen LogP contribution in [-0.4, -0.2) is 12.5 Å². The fourth-order valence-electron chi connectivity index (χ4n) is 4.22. The maximum absolute atomic E-state index is 12.4. The molecule has 0 aliphatic carbocycles. The first kappa shape index (κ1) is 30.4. The third-order valence-corrected chi connectivity index (χ3v) is 6.23. The van der Waals surface area contributed by atoms with E-state index in [1.807, 2.05) is 29.3 Å². The van der Waals surface area contributed by atoms with Crippen molar-refractivity contribution < 1.29 is 38.1 Å². The number of hydrogen-bond donors (Lipinski definition) is 0. The summed E-state index contributed by atoms with van der Waals surface area (Å²) in [6, 6.07) is 10.2. The number of ether oxygens (including phenoxy) is 1. The molecule has 34 heavy (non-hydrogen) atoms. The predicted molar refractivity (Wildman–Crippen MR) is 138 cm³/mol. The number of unbranched alkanes of at least 4 members (excludes halogenated alkanes) is 9. The number of carbonyl (C=O) groups is 1. The number of aromatic nitrogens is 1. The van der Waals surface area contributed by atoms with Crippen molar-refractivity contribution in [3.8, 4) is 5.75 Å². The van der Waals surface area contributed by atoms with Crippen molar-refractivity contribution in [2.45, 2.75) is 105 Å². The van der Waals surface area contributed by atoms with Gasteiger partial charge in [0.2, 0.25) is 5.91 Å². The van der Waals surface area contributed by atoms with E-state index in [0.717, 1.165) is 42.1 Å². The van der Waals surface area contributed by atoms with Gasteiger partial charge in [-0.2, -0.15) is 0 Å². The standard InChI is InChI=1S/C29H45N2O2.HI/c1-5-7-8-9-10-11-12-13-14-15-21-33-28-18-19-29(25(3)22-28)31(26(4)32)24-27-17-16-20-30(6-2)23-27;/h16-20,22-23H,5-15,21,24H2,1-4H3;1H/q+1;/p-1. The van der Waals surface area contributed by atoms with Crippen LogP contribution in [-0.2, 0) is 17.9 Å². The number of carbonyl (C=O) groups excluding carboxylic acids is 1. The number of hydrogen-bond acceptors (Lipinski definition) is 2. The molecule has 5 heteroatoms. The van der Waals surface area contributed by atoms with Crippen LogP contribution < -0.4 is 38.2 Å². The van der Waals surface area contributed by atoms with E-state index in [2.05, 4.69) is 43.7 Å². The summed E-state index contributed by atoms with van der Waals surface area (Å²) in [7, 11) is 0. The Kier molecular flexibility index (Phi) is 15.9. The van der Waals surface area contributed by atoms with Crippen molar-refractivity contribution in [1.82, 2.24) is 0 Å². The molecule has 2 aromatic rings. The number of anilines is 1. The van der Waals surface area contributed by atoms with E-state index in [4.69, 9.17) is 4.74 Å². The zero-order valence-electron chi connectivity index (χ0n) is 21.8. The predicted octanol–water partition coefficient (Wildman–Crippen LogP) is 4.16. The van der Waals surface area contributed by atoms with E-state index in [1.165, 1.54) is 57.8 Å². The monoisotopic (exact) mass is 580 g/mol. The average molecular weight is 581 g/mol. The fourth-order valence-corrected chi connectivity index (χ4v) is 4.22. The molecule has 1 amide bonds. The molecule has 0 fully saturated rings. The molecule has 0 saturated heterocycles. The first-order valence-corrected chi connectivity index (χ1v) is 13.0. The van der Waals surface area contributed by atoms with Crippen LogP contribution in [0.5, 0.6) is 5.75 Å². The highest BCUT2D eigenvalue weighted by Gasteiger charge is 2.16. The molecule has 1 heterocycles. The summed E-state index contributed by atoms with van der Waals surface area (Å²) in [6.07, 6.45) is 17.4. The molecule has 0 unspecified atom stereocenters. The van der Waals surface area contributed by atoms with Crippen LogP contribution in [0.2, 0.25) is 0 Å². The van der Waals surface area contributed by atoms with Gasteiger partial charge in [0.05, 0.1) is 13.2 Å². The van der Waals surface area contributed by atoms with E-state index in [0.29, 0.717) is 6.54 Å². The Bertz CT molecular complexity index is 841. The highest BCUT2D eigenvalue weighted by Crippen LogP contribution is 2.26. The SMILES string of the molecule is CCCCCCCCCCCCOc1ccc(N(Cc2ccc[n+](CC)c2)C(C)=O)c(C)c1.[I-]. The van der Waals surface area contributed by atoms with Gasteiger partial charge >= 0.3 is 0 Å². The lowest BCUT2D eigenvalue weighted by molar-refractivity contribution is -0.694. The lowest BCUT2D eigenvalue weighted by atomic mass is 10.1. The Morgan fingerprint density at radius 3 is 2.18 bits per heavy atom. The minimum atomic E-state index is 0. The van der Waals surface area contributed by atoms with Crippen LogP contribution in [0.15, 0.2) is 42.7 Å². The van der Waals surface area contributed by atoms with Crippen molar-refractivity contribution in [3.63, 3.8) is 0 Å². The second-order valence-electron chi connectivity index (χ2n) is 9.13. The number of halogens is 1. The summed E-state index contributed by atoms with van der Waals surface area (Å²) in [4.78, 5) is 14.3. The maximum atomic E-state index is 12.4. The molecular weight excluding hydrogens is 535 g/mol.